The highest BCUT2D eigenvalue weighted by Crippen LogP contribution is 2.21. The van der Waals surface area contributed by atoms with Crippen molar-refractivity contribution in [1.82, 2.24) is 0 Å². The monoisotopic (exact) mass is 175 g/mol. The molecule has 0 saturated heterocycles. The van der Waals surface area contributed by atoms with E-state index in [0.29, 0.717) is 12.2 Å². The summed E-state index contributed by atoms with van der Waals surface area (Å²) in [5, 5.41) is 3.01. The Labute approximate surface area is 75.5 Å². The molecule has 1 heterocycles. The summed E-state index contributed by atoms with van der Waals surface area (Å²) < 4.78 is 0. The summed E-state index contributed by atoms with van der Waals surface area (Å²) in [5.41, 5.74) is 7.42. The van der Waals surface area contributed by atoms with Crippen molar-refractivity contribution in [3.8, 4) is 0 Å². The molecule has 4 heteroatoms. The minimum atomic E-state index is -0.417. The Hall–Kier alpha value is -1.84. The number of carbonyl (C=O) groups excluding carboxylic acids is 1. The van der Waals surface area contributed by atoms with Gasteiger partial charge in [0.15, 0.2) is 0 Å². The van der Waals surface area contributed by atoms with Crippen LogP contribution in [-0.2, 0) is 0 Å². The lowest BCUT2D eigenvalue weighted by Gasteiger charge is -2.14. The third-order valence-electron chi connectivity index (χ3n) is 1.94. The summed E-state index contributed by atoms with van der Waals surface area (Å²) >= 11 is 0. The Balaban J connectivity index is 2.59. The average Bonchev–Trinajstić information content (AvgIpc) is 2.17. The number of para-hydroxylation sites is 1. The molecule has 0 aliphatic carbocycles. The zero-order chi connectivity index (χ0) is 9.26. The lowest BCUT2D eigenvalue weighted by Crippen LogP contribution is -2.17. The van der Waals surface area contributed by atoms with Gasteiger partial charge in [-0.3, -0.25) is 9.79 Å². The molecule has 1 amide bonds. The standard InChI is InChI=1S/C9H9N3O/c10-9(13)7-3-1-2-6-4-11-5-12-8(6)7/h1-4,12H,5H2,(H2,10,13). The number of benzene rings is 1. The number of fused-ring (bicyclic) bond motifs is 1. The fourth-order valence-electron chi connectivity index (χ4n) is 1.35. The molecule has 0 aromatic heterocycles. The molecule has 1 aromatic carbocycles. The molecule has 0 radical (unpaired) electrons. The van der Waals surface area contributed by atoms with Crippen molar-refractivity contribution in [3.05, 3.63) is 29.3 Å². The molecule has 3 N–H and O–H groups in total. The summed E-state index contributed by atoms with van der Waals surface area (Å²) in [6.45, 7) is 0.497. The molecule has 13 heavy (non-hydrogen) atoms. The fraction of sp³-hybridized carbons (Fsp3) is 0.111. The third kappa shape index (κ3) is 1.26. The van der Waals surface area contributed by atoms with Crippen LogP contribution in [0, 0.1) is 0 Å². The van der Waals surface area contributed by atoms with Crippen molar-refractivity contribution in [2.75, 3.05) is 12.0 Å². The van der Waals surface area contributed by atoms with Gasteiger partial charge in [-0.2, -0.15) is 0 Å². The van der Waals surface area contributed by atoms with Crippen molar-refractivity contribution >= 4 is 17.8 Å². The first-order valence-corrected chi connectivity index (χ1v) is 3.95. The Bertz CT molecular complexity index is 384. The van der Waals surface area contributed by atoms with Crippen molar-refractivity contribution < 1.29 is 4.79 Å². The molecule has 0 unspecified atom stereocenters. The first-order chi connectivity index (χ1) is 6.29. The van der Waals surface area contributed by atoms with E-state index in [1.165, 1.54) is 0 Å². The summed E-state index contributed by atoms with van der Waals surface area (Å²) in [4.78, 5) is 15.0. The van der Waals surface area contributed by atoms with Gasteiger partial charge in [-0.1, -0.05) is 12.1 Å². The van der Waals surface area contributed by atoms with Crippen LogP contribution >= 0.6 is 0 Å². The van der Waals surface area contributed by atoms with Crippen LogP contribution in [0.15, 0.2) is 23.2 Å². The van der Waals surface area contributed by atoms with Crippen LogP contribution < -0.4 is 11.1 Å². The zero-order valence-electron chi connectivity index (χ0n) is 6.95. The number of nitrogens with two attached hydrogens (primary N) is 1. The van der Waals surface area contributed by atoms with Crippen molar-refractivity contribution in [2.24, 2.45) is 10.7 Å². The number of primary amides is 1. The van der Waals surface area contributed by atoms with Gasteiger partial charge in [0.05, 0.1) is 11.3 Å². The van der Waals surface area contributed by atoms with Crippen LogP contribution in [0.1, 0.15) is 15.9 Å². The highest BCUT2D eigenvalue weighted by Gasteiger charge is 2.12. The molecule has 0 atom stereocenters. The van der Waals surface area contributed by atoms with Crippen molar-refractivity contribution in [2.45, 2.75) is 0 Å². The number of rotatable bonds is 1. The highest BCUT2D eigenvalue weighted by atomic mass is 16.1. The van der Waals surface area contributed by atoms with E-state index in [4.69, 9.17) is 5.73 Å². The van der Waals surface area contributed by atoms with Crippen LogP contribution in [0.2, 0.25) is 0 Å². The van der Waals surface area contributed by atoms with Gasteiger partial charge in [-0.25, -0.2) is 0 Å². The van der Waals surface area contributed by atoms with Gasteiger partial charge in [0.25, 0.3) is 5.91 Å². The largest absolute Gasteiger partial charge is 0.366 e. The maximum atomic E-state index is 11.0. The second kappa shape index (κ2) is 2.90. The van der Waals surface area contributed by atoms with Gasteiger partial charge in [0.2, 0.25) is 0 Å². The quantitative estimate of drug-likeness (QED) is 0.655. The van der Waals surface area contributed by atoms with Crippen LogP contribution in [0.3, 0.4) is 0 Å². The minimum Gasteiger partial charge on any atom is -0.366 e. The number of hydrogen-bond donors (Lipinski definition) is 2. The minimum absolute atomic E-state index is 0.417. The molecule has 0 saturated carbocycles. The summed E-state index contributed by atoms with van der Waals surface area (Å²) in [7, 11) is 0. The predicted octanol–water partition coefficient (Wildman–Crippen LogP) is 0.587. The van der Waals surface area contributed by atoms with E-state index >= 15 is 0 Å². The SMILES string of the molecule is NC(=O)c1cccc2c1NCN=C2. The summed E-state index contributed by atoms with van der Waals surface area (Å²) in [6, 6.07) is 5.38. The predicted molar refractivity (Wildman–Crippen MR) is 51.0 cm³/mol. The molecule has 0 fully saturated rings. The molecule has 0 spiro atoms. The third-order valence-corrected chi connectivity index (χ3v) is 1.94. The van der Waals surface area contributed by atoms with Crippen molar-refractivity contribution in [1.29, 1.82) is 0 Å². The maximum absolute atomic E-state index is 11.0. The van der Waals surface area contributed by atoms with E-state index in [9.17, 15) is 4.79 Å². The lowest BCUT2D eigenvalue weighted by atomic mass is 10.1. The van der Waals surface area contributed by atoms with E-state index < -0.39 is 5.91 Å². The molecular formula is C9H9N3O. The Morgan fingerprint density at radius 1 is 1.54 bits per heavy atom. The van der Waals surface area contributed by atoms with Gasteiger partial charge in [-0.15, -0.1) is 0 Å². The number of nitrogens with zero attached hydrogens (tertiary/aromatic N) is 1. The van der Waals surface area contributed by atoms with Crippen LogP contribution in [0.5, 0.6) is 0 Å². The summed E-state index contributed by atoms with van der Waals surface area (Å²) in [5.74, 6) is -0.417. The smallest absolute Gasteiger partial charge is 0.250 e. The van der Waals surface area contributed by atoms with Gasteiger partial charge in [0, 0.05) is 11.8 Å². The molecule has 4 nitrogen and oxygen atoms in total. The molecular weight excluding hydrogens is 166 g/mol. The number of aliphatic imine (C=N–C) groups is 1. The van der Waals surface area contributed by atoms with Crippen molar-refractivity contribution in [3.63, 3.8) is 0 Å². The Morgan fingerprint density at radius 3 is 3.15 bits per heavy atom. The fourth-order valence-corrected chi connectivity index (χ4v) is 1.35. The van der Waals surface area contributed by atoms with E-state index in [-0.39, 0.29) is 0 Å². The van der Waals surface area contributed by atoms with Gasteiger partial charge in [-0.05, 0) is 6.07 Å². The number of anilines is 1. The lowest BCUT2D eigenvalue weighted by molar-refractivity contribution is 0.100. The maximum Gasteiger partial charge on any atom is 0.250 e. The van der Waals surface area contributed by atoms with E-state index in [0.717, 1.165) is 11.3 Å². The van der Waals surface area contributed by atoms with Crippen LogP contribution in [0.4, 0.5) is 5.69 Å². The Morgan fingerprint density at radius 2 is 2.38 bits per heavy atom. The molecule has 66 valence electrons. The topological polar surface area (TPSA) is 67.5 Å². The molecule has 1 aliphatic heterocycles. The first kappa shape index (κ1) is 7.79. The van der Waals surface area contributed by atoms with Crippen LogP contribution in [-0.4, -0.2) is 18.8 Å². The van der Waals surface area contributed by atoms with E-state index in [2.05, 4.69) is 10.3 Å². The van der Waals surface area contributed by atoms with Crippen LogP contribution in [0.25, 0.3) is 0 Å². The molecule has 0 bridgehead atoms. The molecule has 2 rings (SSSR count). The van der Waals surface area contributed by atoms with Gasteiger partial charge < -0.3 is 11.1 Å². The Kier molecular flexibility index (Phi) is 1.73. The highest BCUT2D eigenvalue weighted by molar-refractivity contribution is 6.03. The average molecular weight is 175 g/mol. The zero-order valence-corrected chi connectivity index (χ0v) is 6.95. The second-order valence-electron chi connectivity index (χ2n) is 2.78. The van der Waals surface area contributed by atoms with Gasteiger partial charge in [0.1, 0.15) is 6.67 Å². The molecule has 1 aromatic rings. The number of hydrogen-bond acceptors (Lipinski definition) is 3. The number of amides is 1. The normalized spacial score (nSPS) is 13.2. The second-order valence-corrected chi connectivity index (χ2v) is 2.78. The first-order valence-electron chi connectivity index (χ1n) is 3.95. The van der Waals surface area contributed by atoms with E-state index in [1.54, 1.807) is 18.3 Å². The number of nitrogens with one attached hydrogen (secondary N) is 1. The number of carbonyl (C=O) groups is 1. The summed E-state index contributed by atoms with van der Waals surface area (Å²) in [6.07, 6.45) is 1.73. The van der Waals surface area contributed by atoms with Gasteiger partial charge >= 0.3 is 0 Å². The molecule has 1 aliphatic rings. The van der Waals surface area contributed by atoms with E-state index in [1.807, 2.05) is 6.07 Å².